The van der Waals surface area contributed by atoms with Crippen molar-refractivity contribution in [1.82, 2.24) is 9.97 Å². The molecule has 112 valence electrons. The maximum absolute atomic E-state index is 5.47. The summed E-state index contributed by atoms with van der Waals surface area (Å²) in [5, 5.41) is 1.18. The Morgan fingerprint density at radius 1 is 1.00 bits per heavy atom. The summed E-state index contributed by atoms with van der Waals surface area (Å²) in [6.07, 6.45) is 3.63. The van der Waals surface area contributed by atoms with Gasteiger partial charge >= 0.3 is 0 Å². The zero-order valence-electron chi connectivity index (χ0n) is 13.3. The molecule has 0 amide bonds. The fourth-order valence-electron chi connectivity index (χ4n) is 2.82. The van der Waals surface area contributed by atoms with E-state index in [-0.39, 0.29) is 0 Å². The Hall–Kier alpha value is -2.42. The highest BCUT2D eigenvalue weighted by Gasteiger charge is 2.09. The van der Waals surface area contributed by atoms with Crippen LogP contribution in [0.4, 0.5) is 0 Å². The average Bonchev–Trinajstić information content (AvgIpc) is 2.54. The van der Waals surface area contributed by atoms with Gasteiger partial charge in [-0.15, -0.1) is 0 Å². The van der Waals surface area contributed by atoms with E-state index in [9.17, 15) is 0 Å². The lowest BCUT2D eigenvalue weighted by atomic mass is 10.1. The number of rotatable bonds is 4. The minimum atomic E-state index is 0.869. The largest absolute Gasteiger partial charge is 0.496 e. The summed E-state index contributed by atoms with van der Waals surface area (Å²) in [7, 11) is 1.71. The molecular formula is C19H20N2O. The molecule has 2 aromatic heterocycles. The van der Waals surface area contributed by atoms with Crippen molar-refractivity contribution in [3.05, 3.63) is 65.1 Å². The van der Waals surface area contributed by atoms with Crippen LogP contribution in [0.2, 0.25) is 0 Å². The smallest absolute Gasteiger partial charge is 0.128 e. The Balaban J connectivity index is 1.82. The maximum atomic E-state index is 5.47. The van der Waals surface area contributed by atoms with Crippen LogP contribution >= 0.6 is 0 Å². The number of ether oxygens (including phenoxy) is 1. The van der Waals surface area contributed by atoms with Gasteiger partial charge in [0.25, 0.3) is 0 Å². The van der Waals surface area contributed by atoms with Gasteiger partial charge < -0.3 is 4.74 Å². The van der Waals surface area contributed by atoms with E-state index in [1.54, 1.807) is 7.11 Å². The molecule has 0 unspecified atom stereocenters. The molecule has 0 N–H and O–H groups in total. The number of nitrogens with zero attached hydrogens (tertiary/aromatic N) is 2. The molecule has 0 aliphatic rings. The molecule has 0 bridgehead atoms. The number of benzene rings is 1. The predicted molar refractivity (Wildman–Crippen MR) is 89.4 cm³/mol. The number of para-hydroxylation sites is 1. The second kappa shape index (κ2) is 6.14. The van der Waals surface area contributed by atoms with Crippen LogP contribution in [-0.2, 0) is 12.8 Å². The lowest BCUT2D eigenvalue weighted by molar-refractivity contribution is 0.407. The van der Waals surface area contributed by atoms with Gasteiger partial charge in [-0.1, -0.05) is 24.3 Å². The highest BCUT2D eigenvalue weighted by molar-refractivity contribution is 5.78. The number of fused-ring (bicyclic) bond motifs is 1. The van der Waals surface area contributed by atoms with Crippen molar-refractivity contribution in [3.63, 3.8) is 0 Å². The molecule has 3 nitrogen and oxygen atoms in total. The van der Waals surface area contributed by atoms with Gasteiger partial charge in [0.15, 0.2) is 0 Å². The van der Waals surface area contributed by atoms with E-state index >= 15 is 0 Å². The van der Waals surface area contributed by atoms with Gasteiger partial charge in [-0.3, -0.25) is 9.97 Å². The molecule has 0 saturated heterocycles. The summed E-state index contributed by atoms with van der Waals surface area (Å²) < 4.78 is 5.47. The molecule has 0 aliphatic carbocycles. The highest BCUT2D eigenvalue weighted by Crippen LogP contribution is 2.24. The van der Waals surface area contributed by atoms with Gasteiger partial charge in [0.1, 0.15) is 5.75 Å². The molecule has 0 spiro atoms. The lowest BCUT2D eigenvalue weighted by Gasteiger charge is -2.12. The fourth-order valence-corrected chi connectivity index (χ4v) is 2.82. The van der Waals surface area contributed by atoms with E-state index in [4.69, 9.17) is 9.72 Å². The van der Waals surface area contributed by atoms with Crippen LogP contribution in [0.15, 0.2) is 42.6 Å². The molecule has 3 aromatic rings. The van der Waals surface area contributed by atoms with Crippen LogP contribution in [0.25, 0.3) is 10.9 Å². The minimum Gasteiger partial charge on any atom is -0.496 e. The minimum absolute atomic E-state index is 0.869. The van der Waals surface area contributed by atoms with Gasteiger partial charge in [-0.05, 0) is 38.8 Å². The Labute approximate surface area is 131 Å². The average molecular weight is 292 g/mol. The van der Waals surface area contributed by atoms with Crippen molar-refractivity contribution in [2.45, 2.75) is 26.7 Å². The van der Waals surface area contributed by atoms with Crippen LogP contribution in [-0.4, -0.2) is 17.1 Å². The van der Waals surface area contributed by atoms with Crippen LogP contribution in [0.3, 0.4) is 0 Å². The molecular weight excluding hydrogens is 272 g/mol. The van der Waals surface area contributed by atoms with Crippen molar-refractivity contribution in [1.29, 1.82) is 0 Å². The first-order chi connectivity index (χ1) is 10.7. The van der Waals surface area contributed by atoms with Crippen LogP contribution in [0.1, 0.15) is 22.5 Å². The Morgan fingerprint density at radius 3 is 2.64 bits per heavy atom. The normalized spacial score (nSPS) is 10.9. The zero-order chi connectivity index (χ0) is 15.5. The Morgan fingerprint density at radius 2 is 1.82 bits per heavy atom. The quantitative estimate of drug-likeness (QED) is 0.728. The number of aryl methyl sites for hydroxylation is 3. The van der Waals surface area contributed by atoms with Crippen LogP contribution in [0.5, 0.6) is 5.75 Å². The summed E-state index contributed by atoms with van der Waals surface area (Å²) in [5.41, 5.74) is 5.43. The van der Waals surface area contributed by atoms with Gasteiger partial charge in [0, 0.05) is 34.1 Å². The van der Waals surface area contributed by atoms with Crippen LogP contribution in [0, 0.1) is 13.8 Å². The molecule has 2 heterocycles. The fraction of sp³-hybridized carbons (Fsp3) is 0.263. The molecule has 0 radical (unpaired) electrons. The second-order valence-electron chi connectivity index (χ2n) is 5.54. The van der Waals surface area contributed by atoms with Crippen molar-refractivity contribution in [2.24, 2.45) is 0 Å². The zero-order valence-corrected chi connectivity index (χ0v) is 13.3. The standard InChI is InChI=1S/C19H20N2O/c1-13-12-20-17(14(2)19(13)22-3)11-10-16-9-8-15-6-4-5-7-18(15)21-16/h4-9,12H,10-11H2,1-3H3. The number of methoxy groups -OCH3 is 1. The Kier molecular flexibility index (Phi) is 4.05. The molecule has 22 heavy (non-hydrogen) atoms. The molecule has 0 fully saturated rings. The Bertz CT molecular complexity index is 812. The van der Waals surface area contributed by atoms with E-state index in [0.717, 1.165) is 46.6 Å². The summed E-state index contributed by atoms with van der Waals surface area (Å²) >= 11 is 0. The number of hydrogen-bond acceptors (Lipinski definition) is 3. The van der Waals surface area contributed by atoms with Crippen molar-refractivity contribution in [3.8, 4) is 5.75 Å². The van der Waals surface area contributed by atoms with E-state index in [0.29, 0.717) is 0 Å². The lowest BCUT2D eigenvalue weighted by Crippen LogP contribution is -2.02. The summed E-state index contributed by atoms with van der Waals surface area (Å²) in [6.45, 7) is 4.09. The van der Waals surface area contributed by atoms with E-state index in [1.807, 2.05) is 25.3 Å². The second-order valence-corrected chi connectivity index (χ2v) is 5.54. The highest BCUT2D eigenvalue weighted by atomic mass is 16.5. The van der Waals surface area contributed by atoms with E-state index in [1.165, 1.54) is 5.39 Å². The third kappa shape index (κ3) is 2.80. The summed E-state index contributed by atoms with van der Waals surface area (Å²) in [5.74, 6) is 0.941. The third-order valence-corrected chi connectivity index (χ3v) is 4.02. The van der Waals surface area contributed by atoms with Crippen LogP contribution < -0.4 is 4.74 Å². The molecule has 3 rings (SSSR count). The first kappa shape index (κ1) is 14.5. The summed E-state index contributed by atoms with van der Waals surface area (Å²) in [6, 6.07) is 12.4. The van der Waals surface area contributed by atoms with Crippen molar-refractivity contribution in [2.75, 3.05) is 7.11 Å². The molecule has 1 aromatic carbocycles. The topological polar surface area (TPSA) is 35.0 Å². The third-order valence-electron chi connectivity index (χ3n) is 4.02. The molecule has 0 saturated carbocycles. The van der Waals surface area contributed by atoms with Gasteiger partial charge in [0.05, 0.1) is 12.6 Å². The van der Waals surface area contributed by atoms with Crippen molar-refractivity contribution < 1.29 is 4.74 Å². The molecule has 0 aliphatic heterocycles. The van der Waals surface area contributed by atoms with E-state index < -0.39 is 0 Å². The molecule has 0 atom stereocenters. The number of pyridine rings is 2. The summed E-state index contributed by atoms with van der Waals surface area (Å²) in [4.78, 5) is 9.28. The monoisotopic (exact) mass is 292 g/mol. The molecule has 3 heteroatoms. The maximum Gasteiger partial charge on any atom is 0.128 e. The SMILES string of the molecule is COc1c(C)cnc(CCc2ccc3ccccc3n2)c1C. The van der Waals surface area contributed by atoms with Gasteiger partial charge in [-0.25, -0.2) is 0 Å². The first-order valence-electron chi connectivity index (χ1n) is 7.53. The van der Waals surface area contributed by atoms with Crippen molar-refractivity contribution >= 4 is 10.9 Å². The predicted octanol–water partition coefficient (Wildman–Crippen LogP) is 4.04. The first-order valence-corrected chi connectivity index (χ1v) is 7.53. The number of hydrogen-bond donors (Lipinski definition) is 0. The van der Waals surface area contributed by atoms with Gasteiger partial charge in [-0.2, -0.15) is 0 Å². The van der Waals surface area contributed by atoms with Gasteiger partial charge in [0.2, 0.25) is 0 Å². The van der Waals surface area contributed by atoms with E-state index in [2.05, 4.69) is 36.2 Å². The number of aromatic nitrogens is 2.